The summed E-state index contributed by atoms with van der Waals surface area (Å²) < 4.78 is 38.2. The van der Waals surface area contributed by atoms with Gasteiger partial charge in [-0.05, 0) is 74.1 Å². The molecule has 1 aliphatic heterocycles. The van der Waals surface area contributed by atoms with Crippen LogP contribution in [0.25, 0.3) is 16.5 Å². The van der Waals surface area contributed by atoms with Gasteiger partial charge in [-0.25, -0.2) is 4.98 Å². The third kappa shape index (κ3) is 5.23. The van der Waals surface area contributed by atoms with Crippen molar-refractivity contribution in [1.82, 2.24) is 20.1 Å². The molecule has 0 radical (unpaired) electrons. The Morgan fingerprint density at radius 2 is 2.09 bits per heavy atom. The fourth-order valence-corrected chi connectivity index (χ4v) is 3.64. The maximum Gasteiger partial charge on any atom is 0.417 e. The molecule has 0 bridgehead atoms. The molecule has 0 aliphatic carbocycles. The summed E-state index contributed by atoms with van der Waals surface area (Å²) in [6.07, 6.45) is 1.16. The molecular formula is C24H23F3N6O. The maximum atomic E-state index is 12.8. The Morgan fingerprint density at radius 1 is 1.29 bits per heavy atom. The topological polar surface area (TPSA) is 86.3 Å². The van der Waals surface area contributed by atoms with Crippen LogP contribution in [0.5, 0.6) is 0 Å². The van der Waals surface area contributed by atoms with Crippen LogP contribution in [0, 0.1) is 0 Å². The summed E-state index contributed by atoms with van der Waals surface area (Å²) in [6, 6.07) is 7.57. The number of fused-ring (bicyclic) bond motifs is 1. The molecule has 3 heterocycles. The van der Waals surface area contributed by atoms with Gasteiger partial charge in [0.15, 0.2) is 5.69 Å². The lowest BCUT2D eigenvalue weighted by Crippen LogP contribution is -2.38. The SMILES string of the molecule is C=N/C=C(\C=C(/C)c1ccc2[nH]nc(C(=O)Nc3ccc(C(F)(F)F)cn3)c2c1)CN1CCC1. The molecule has 10 heteroatoms. The Hall–Kier alpha value is -3.79. The number of carbonyl (C=O) groups excluding carboxylic acids is 1. The molecule has 1 amide bonds. The fraction of sp³-hybridized carbons (Fsp3) is 0.250. The standard InChI is InChI=1S/C24H23F3N6O/c1-15(10-16(12-28-2)14-33-8-3-9-33)17-4-6-20-19(11-17)22(32-31-20)23(34)30-21-7-5-18(13-29-21)24(25,26)27/h4-7,10-13H,2-3,8-9,14H2,1H3,(H,31,32)(H,29,30,34)/b15-10+,16-12+. The highest BCUT2D eigenvalue weighted by Gasteiger charge is 2.30. The molecule has 1 fully saturated rings. The Labute approximate surface area is 194 Å². The number of aliphatic imine (C=N–C) groups is 1. The predicted octanol–water partition coefficient (Wildman–Crippen LogP) is 4.92. The van der Waals surface area contributed by atoms with Crippen LogP contribution < -0.4 is 5.32 Å². The number of H-pyrrole nitrogens is 1. The van der Waals surface area contributed by atoms with Crippen molar-refractivity contribution in [1.29, 1.82) is 0 Å². The fourth-order valence-electron chi connectivity index (χ4n) is 3.64. The van der Waals surface area contributed by atoms with Crippen LogP contribution in [0.1, 0.15) is 35.0 Å². The van der Waals surface area contributed by atoms with Gasteiger partial charge in [-0.15, -0.1) is 0 Å². The maximum absolute atomic E-state index is 12.8. The van der Waals surface area contributed by atoms with E-state index in [1.165, 1.54) is 6.42 Å². The zero-order chi connectivity index (χ0) is 24.3. The molecule has 1 aliphatic rings. The molecule has 2 N–H and O–H groups in total. The third-order valence-corrected chi connectivity index (χ3v) is 5.58. The van der Waals surface area contributed by atoms with Crippen molar-refractivity contribution in [2.24, 2.45) is 4.99 Å². The number of halogens is 3. The van der Waals surface area contributed by atoms with E-state index in [2.05, 4.69) is 37.1 Å². The average molecular weight is 468 g/mol. The number of amides is 1. The largest absolute Gasteiger partial charge is 0.417 e. The van der Waals surface area contributed by atoms with E-state index in [4.69, 9.17) is 0 Å². The molecule has 3 aromatic rings. The number of alkyl halides is 3. The van der Waals surface area contributed by atoms with Gasteiger partial charge in [0, 0.05) is 24.3 Å². The van der Waals surface area contributed by atoms with Crippen LogP contribution in [0.3, 0.4) is 0 Å². The number of aromatic amines is 1. The molecule has 0 atom stereocenters. The lowest BCUT2D eigenvalue weighted by Gasteiger charge is -2.30. The minimum absolute atomic E-state index is 0.000852. The van der Waals surface area contributed by atoms with E-state index in [1.54, 1.807) is 6.20 Å². The van der Waals surface area contributed by atoms with E-state index >= 15 is 0 Å². The minimum atomic E-state index is -4.50. The Morgan fingerprint density at radius 3 is 2.71 bits per heavy atom. The molecular weight excluding hydrogens is 445 g/mol. The molecule has 1 aromatic carbocycles. The quantitative estimate of drug-likeness (QED) is 0.381. The minimum Gasteiger partial charge on any atom is -0.305 e. The van der Waals surface area contributed by atoms with E-state index in [0.29, 0.717) is 17.1 Å². The predicted molar refractivity (Wildman–Crippen MR) is 126 cm³/mol. The second-order valence-electron chi connectivity index (χ2n) is 8.06. The number of allylic oxidation sites excluding steroid dienone is 1. The van der Waals surface area contributed by atoms with Gasteiger partial charge in [0.05, 0.1) is 11.1 Å². The zero-order valence-corrected chi connectivity index (χ0v) is 18.5. The number of benzene rings is 1. The Balaban J connectivity index is 1.56. The van der Waals surface area contributed by atoms with Crippen LogP contribution in [-0.2, 0) is 6.18 Å². The first-order chi connectivity index (χ1) is 16.2. The normalized spacial score (nSPS) is 15.3. The van der Waals surface area contributed by atoms with Crippen molar-refractivity contribution < 1.29 is 18.0 Å². The number of pyridine rings is 1. The van der Waals surface area contributed by atoms with Gasteiger partial charge in [-0.3, -0.25) is 19.8 Å². The van der Waals surface area contributed by atoms with Gasteiger partial charge >= 0.3 is 6.18 Å². The van der Waals surface area contributed by atoms with Gasteiger partial charge in [-0.1, -0.05) is 12.1 Å². The first-order valence-electron chi connectivity index (χ1n) is 10.6. The number of hydrogen-bond acceptors (Lipinski definition) is 5. The summed E-state index contributed by atoms with van der Waals surface area (Å²) in [5.41, 5.74) is 2.80. The van der Waals surface area contributed by atoms with Crippen molar-refractivity contribution in [3.05, 3.63) is 71.2 Å². The summed E-state index contributed by atoms with van der Waals surface area (Å²) in [5.74, 6) is -0.578. The number of aromatic nitrogens is 3. The van der Waals surface area contributed by atoms with Crippen LogP contribution >= 0.6 is 0 Å². The van der Waals surface area contributed by atoms with Crippen LogP contribution in [0.4, 0.5) is 19.0 Å². The van der Waals surface area contributed by atoms with Crippen molar-refractivity contribution in [2.45, 2.75) is 19.5 Å². The summed E-state index contributed by atoms with van der Waals surface area (Å²) in [5, 5.41) is 9.99. The molecule has 4 rings (SSSR count). The number of carbonyl (C=O) groups is 1. The van der Waals surface area contributed by atoms with Crippen LogP contribution in [0.2, 0.25) is 0 Å². The van der Waals surface area contributed by atoms with E-state index in [-0.39, 0.29) is 11.5 Å². The van der Waals surface area contributed by atoms with Crippen LogP contribution in [-0.4, -0.2) is 52.3 Å². The highest BCUT2D eigenvalue weighted by molar-refractivity contribution is 6.11. The van der Waals surface area contributed by atoms with Gasteiger partial charge in [0.25, 0.3) is 5.91 Å². The molecule has 0 spiro atoms. The smallest absolute Gasteiger partial charge is 0.305 e. The van der Waals surface area contributed by atoms with Gasteiger partial charge in [-0.2, -0.15) is 18.3 Å². The summed E-state index contributed by atoms with van der Waals surface area (Å²) >= 11 is 0. The summed E-state index contributed by atoms with van der Waals surface area (Å²) in [7, 11) is 0. The lowest BCUT2D eigenvalue weighted by molar-refractivity contribution is -0.137. The van der Waals surface area contributed by atoms with Gasteiger partial charge < -0.3 is 5.32 Å². The highest BCUT2D eigenvalue weighted by atomic mass is 19.4. The molecule has 7 nitrogen and oxygen atoms in total. The summed E-state index contributed by atoms with van der Waals surface area (Å²) in [6.45, 7) is 8.45. The number of anilines is 1. The monoisotopic (exact) mass is 468 g/mol. The number of nitrogens with zero attached hydrogens (tertiary/aromatic N) is 4. The number of rotatable bonds is 7. The molecule has 0 saturated carbocycles. The Bertz CT molecular complexity index is 1270. The van der Waals surface area contributed by atoms with Crippen molar-refractivity contribution >= 4 is 34.9 Å². The number of likely N-dealkylation sites (tertiary alicyclic amines) is 1. The summed E-state index contributed by atoms with van der Waals surface area (Å²) in [4.78, 5) is 22.7. The lowest BCUT2D eigenvalue weighted by atomic mass is 10.0. The molecule has 2 aromatic heterocycles. The van der Waals surface area contributed by atoms with Crippen molar-refractivity contribution in [3.63, 3.8) is 0 Å². The first kappa shape index (κ1) is 23.4. The van der Waals surface area contributed by atoms with Crippen molar-refractivity contribution in [3.8, 4) is 0 Å². The van der Waals surface area contributed by atoms with E-state index < -0.39 is 17.6 Å². The van der Waals surface area contributed by atoms with Crippen molar-refractivity contribution in [2.75, 3.05) is 25.0 Å². The van der Waals surface area contributed by atoms with Crippen LogP contribution in [0.15, 0.2) is 59.4 Å². The second-order valence-corrected chi connectivity index (χ2v) is 8.06. The molecule has 0 unspecified atom stereocenters. The average Bonchev–Trinajstić information content (AvgIpc) is 3.19. The van der Waals surface area contributed by atoms with E-state index in [9.17, 15) is 18.0 Å². The van der Waals surface area contributed by atoms with Gasteiger partial charge in [0.2, 0.25) is 0 Å². The second kappa shape index (κ2) is 9.60. The number of hydrogen-bond donors (Lipinski definition) is 2. The Kier molecular flexibility index (Phi) is 6.60. The van der Waals surface area contributed by atoms with E-state index in [0.717, 1.165) is 48.5 Å². The third-order valence-electron chi connectivity index (χ3n) is 5.58. The first-order valence-corrected chi connectivity index (χ1v) is 10.6. The molecule has 176 valence electrons. The van der Waals surface area contributed by atoms with E-state index in [1.807, 2.05) is 31.2 Å². The highest BCUT2D eigenvalue weighted by Crippen LogP contribution is 2.29. The molecule has 34 heavy (non-hydrogen) atoms. The molecule has 1 saturated heterocycles. The number of nitrogens with one attached hydrogen (secondary N) is 2. The zero-order valence-electron chi connectivity index (χ0n) is 18.5. The van der Waals surface area contributed by atoms with Gasteiger partial charge in [0.1, 0.15) is 5.82 Å².